The zero-order chi connectivity index (χ0) is 18.6. The maximum absolute atomic E-state index is 13.5. The molecule has 2 amide bonds. The van der Waals surface area contributed by atoms with Gasteiger partial charge in [-0.25, -0.2) is 4.98 Å². The second kappa shape index (κ2) is 6.17. The van der Waals surface area contributed by atoms with E-state index in [4.69, 9.17) is 9.47 Å². The highest BCUT2D eigenvalue weighted by atomic mass is 16.5. The molecule has 8 heteroatoms. The van der Waals surface area contributed by atoms with Crippen LogP contribution in [0.2, 0.25) is 0 Å². The number of rotatable bonds is 4. The number of carbonyl (C=O) groups excluding carboxylic acids is 2. The third kappa shape index (κ3) is 2.46. The number of hydrogen-bond donors (Lipinski definition) is 0. The lowest BCUT2D eigenvalue weighted by Gasteiger charge is -2.29. The Balaban J connectivity index is 1.40. The fraction of sp³-hybridized carbons (Fsp3) is 0.632. The number of carbonyl (C=O) groups is 2. The first kappa shape index (κ1) is 16.9. The SMILES string of the molecule is COCCN1C[C@]23C=C[C@H](O2)[C@@H](C(=O)N2CCCn4cncc4C2)[C@H]3C1=O. The molecule has 4 aliphatic rings. The first-order valence-electron chi connectivity index (χ1n) is 9.56. The van der Waals surface area contributed by atoms with E-state index < -0.39 is 17.4 Å². The van der Waals surface area contributed by atoms with Crippen LogP contribution in [0.15, 0.2) is 24.7 Å². The first-order valence-corrected chi connectivity index (χ1v) is 9.56. The van der Waals surface area contributed by atoms with E-state index in [0.29, 0.717) is 32.8 Å². The van der Waals surface area contributed by atoms with E-state index in [0.717, 1.165) is 18.7 Å². The monoisotopic (exact) mass is 372 g/mol. The van der Waals surface area contributed by atoms with E-state index in [1.165, 1.54) is 0 Å². The Hall–Kier alpha value is -2.19. The molecule has 1 aromatic heterocycles. The van der Waals surface area contributed by atoms with Crippen LogP contribution in [0.25, 0.3) is 0 Å². The number of methoxy groups -OCH3 is 1. The molecule has 2 saturated heterocycles. The summed E-state index contributed by atoms with van der Waals surface area (Å²) < 4.78 is 13.4. The van der Waals surface area contributed by atoms with Gasteiger partial charge in [-0.2, -0.15) is 0 Å². The molecule has 0 saturated carbocycles. The van der Waals surface area contributed by atoms with Gasteiger partial charge in [0.05, 0.1) is 49.7 Å². The van der Waals surface area contributed by atoms with Crippen molar-refractivity contribution >= 4 is 11.8 Å². The Morgan fingerprint density at radius 2 is 2.33 bits per heavy atom. The summed E-state index contributed by atoms with van der Waals surface area (Å²) in [5.74, 6) is -0.834. The number of aryl methyl sites for hydroxylation is 1. The van der Waals surface area contributed by atoms with Gasteiger partial charge in [0, 0.05) is 32.9 Å². The largest absolute Gasteiger partial charge is 0.383 e. The summed E-state index contributed by atoms with van der Waals surface area (Å²) >= 11 is 0. The molecule has 2 bridgehead atoms. The van der Waals surface area contributed by atoms with Crippen LogP contribution in [0.5, 0.6) is 0 Å². The standard InChI is InChI=1S/C19H24N4O4/c1-26-8-7-22-11-19-4-3-14(27-19)15(16(19)18(22)25)17(24)21-5-2-6-23-12-20-9-13(23)10-21/h3-4,9,12,14-16H,2,5-8,10-11H2,1H3/t14-,15+,16-,19-/m0/s1. The second-order valence-electron chi connectivity index (χ2n) is 7.84. The Kier molecular flexibility index (Phi) is 3.87. The molecule has 27 heavy (non-hydrogen) atoms. The molecule has 1 aromatic rings. The molecular formula is C19H24N4O4. The topological polar surface area (TPSA) is 76.9 Å². The van der Waals surface area contributed by atoms with Gasteiger partial charge in [0.1, 0.15) is 5.60 Å². The first-order chi connectivity index (χ1) is 13.1. The third-order valence-corrected chi connectivity index (χ3v) is 6.32. The molecule has 8 nitrogen and oxygen atoms in total. The van der Waals surface area contributed by atoms with Crippen LogP contribution in [0.4, 0.5) is 0 Å². The minimum atomic E-state index is -0.649. The van der Waals surface area contributed by atoms with Crippen molar-refractivity contribution in [2.75, 3.05) is 33.4 Å². The van der Waals surface area contributed by atoms with Crippen molar-refractivity contribution in [2.24, 2.45) is 11.8 Å². The molecule has 4 aliphatic heterocycles. The van der Waals surface area contributed by atoms with E-state index in [1.54, 1.807) is 12.0 Å². The molecule has 5 heterocycles. The fourth-order valence-electron chi connectivity index (χ4n) is 5.04. The lowest BCUT2D eigenvalue weighted by Crippen LogP contribution is -2.46. The van der Waals surface area contributed by atoms with Gasteiger partial charge in [-0.3, -0.25) is 9.59 Å². The number of hydrogen-bond acceptors (Lipinski definition) is 5. The predicted octanol–water partition coefficient (Wildman–Crippen LogP) is 0.0438. The van der Waals surface area contributed by atoms with Crippen LogP contribution in [-0.2, 0) is 32.2 Å². The lowest BCUT2D eigenvalue weighted by molar-refractivity contribution is -0.143. The summed E-state index contributed by atoms with van der Waals surface area (Å²) in [7, 11) is 1.62. The molecule has 5 rings (SSSR count). The maximum Gasteiger partial charge on any atom is 0.230 e. The molecule has 144 valence electrons. The normalized spacial score (nSPS) is 34.1. The molecular weight excluding hydrogens is 348 g/mol. The highest BCUT2D eigenvalue weighted by molar-refractivity contribution is 5.93. The quantitative estimate of drug-likeness (QED) is 0.698. The van der Waals surface area contributed by atoms with Gasteiger partial charge < -0.3 is 23.8 Å². The Bertz CT molecular complexity index is 805. The third-order valence-electron chi connectivity index (χ3n) is 6.32. The Morgan fingerprint density at radius 3 is 3.19 bits per heavy atom. The second-order valence-corrected chi connectivity index (χ2v) is 7.84. The average molecular weight is 372 g/mol. The van der Waals surface area contributed by atoms with Gasteiger partial charge >= 0.3 is 0 Å². The smallest absolute Gasteiger partial charge is 0.230 e. The number of likely N-dealkylation sites (tertiary alicyclic amines) is 1. The van der Waals surface area contributed by atoms with Crippen LogP contribution in [0.1, 0.15) is 12.1 Å². The van der Waals surface area contributed by atoms with Gasteiger partial charge in [0.25, 0.3) is 0 Å². The van der Waals surface area contributed by atoms with Gasteiger partial charge in [0.15, 0.2) is 0 Å². The van der Waals surface area contributed by atoms with Crippen molar-refractivity contribution in [3.05, 3.63) is 30.4 Å². The Labute approximate surface area is 157 Å². The van der Waals surface area contributed by atoms with Crippen molar-refractivity contribution in [3.63, 3.8) is 0 Å². The number of aromatic nitrogens is 2. The number of imidazole rings is 1. The highest BCUT2D eigenvalue weighted by Crippen LogP contribution is 2.52. The maximum atomic E-state index is 13.5. The number of amides is 2. The summed E-state index contributed by atoms with van der Waals surface area (Å²) in [4.78, 5) is 34.4. The summed E-state index contributed by atoms with van der Waals surface area (Å²) in [5.41, 5.74) is 0.387. The van der Waals surface area contributed by atoms with Crippen molar-refractivity contribution in [1.82, 2.24) is 19.4 Å². The molecule has 1 spiro atoms. The van der Waals surface area contributed by atoms with Gasteiger partial charge in [-0.15, -0.1) is 0 Å². The molecule has 4 atom stereocenters. The zero-order valence-electron chi connectivity index (χ0n) is 15.4. The van der Waals surface area contributed by atoms with Crippen LogP contribution in [-0.4, -0.2) is 76.2 Å². The summed E-state index contributed by atoms with van der Waals surface area (Å²) in [6, 6.07) is 0. The fourth-order valence-corrected chi connectivity index (χ4v) is 5.04. The molecule has 0 aliphatic carbocycles. The van der Waals surface area contributed by atoms with Crippen molar-refractivity contribution in [2.45, 2.75) is 31.2 Å². The molecule has 0 radical (unpaired) electrons. The number of ether oxygens (including phenoxy) is 2. The van der Waals surface area contributed by atoms with E-state index in [-0.39, 0.29) is 17.9 Å². The highest BCUT2D eigenvalue weighted by Gasteiger charge is 2.67. The van der Waals surface area contributed by atoms with E-state index in [2.05, 4.69) is 9.55 Å². The van der Waals surface area contributed by atoms with Gasteiger partial charge in [-0.1, -0.05) is 12.2 Å². The van der Waals surface area contributed by atoms with E-state index in [9.17, 15) is 9.59 Å². The van der Waals surface area contributed by atoms with Crippen molar-refractivity contribution in [3.8, 4) is 0 Å². The summed E-state index contributed by atoms with van der Waals surface area (Å²) in [5, 5.41) is 0. The van der Waals surface area contributed by atoms with Crippen LogP contribution < -0.4 is 0 Å². The average Bonchev–Trinajstić information content (AvgIpc) is 3.38. The predicted molar refractivity (Wildman–Crippen MR) is 94.4 cm³/mol. The van der Waals surface area contributed by atoms with Crippen LogP contribution in [0.3, 0.4) is 0 Å². The zero-order valence-corrected chi connectivity index (χ0v) is 15.4. The van der Waals surface area contributed by atoms with Crippen LogP contribution in [0, 0.1) is 11.8 Å². The number of nitrogens with zero attached hydrogens (tertiary/aromatic N) is 4. The molecule has 0 unspecified atom stereocenters. The summed E-state index contributed by atoms with van der Waals surface area (Å²) in [6.07, 6.45) is 8.17. The van der Waals surface area contributed by atoms with E-state index in [1.807, 2.05) is 29.6 Å². The lowest BCUT2D eigenvalue weighted by atomic mass is 9.76. The van der Waals surface area contributed by atoms with Crippen molar-refractivity contribution in [1.29, 1.82) is 0 Å². The van der Waals surface area contributed by atoms with E-state index >= 15 is 0 Å². The Morgan fingerprint density at radius 1 is 1.44 bits per heavy atom. The van der Waals surface area contributed by atoms with Gasteiger partial charge in [0.2, 0.25) is 11.8 Å². The minimum Gasteiger partial charge on any atom is -0.383 e. The van der Waals surface area contributed by atoms with Gasteiger partial charge in [-0.05, 0) is 6.42 Å². The molecule has 2 fully saturated rings. The van der Waals surface area contributed by atoms with Crippen LogP contribution >= 0.6 is 0 Å². The minimum absolute atomic E-state index is 0.0112. The molecule has 0 N–H and O–H groups in total. The van der Waals surface area contributed by atoms with Crippen molar-refractivity contribution < 1.29 is 19.1 Å². The molecule has 0 aromatic carbocycles. The summed E-state index contributed by atoms with van der Waals surface area (Å²) in [6.45, 7) is 3.60. The number of fused-ring (bicyclic) bond motifs is 2.